The van der Waals surface area contributed by atoms with Crippen LogP contribution in [0.2, 0.25) is 0 Å². The molecule has 0 saturated heterocycles. The second-order valence-corrected chi connectivity index (χ2v) is 4.45. The van der Waals surface area contributed by atoms with E-state index in [1.165, 1.54) is 0 Å². The van der Waals surface area contributed by atoms with Crippen LogP contribution in [0.1, 0.15) is 47.7 Å². The predicted octanol–water partition coefficient (Wildman–Crippen LogP) is 2.26. The van der Waals surface area contributed by atoms with Gasteiger partial charge in [0.1, 0.15) is 6.61 Å². The average molecular weight is 259 g/mol. The fraction of sp³-hybridized carbons (Fsp3) is 0.438. The van der Waals surface area contributed by atoms with Crippen LogP contribution in [0.25, 0.3) is 0 Å². The summed E-state index contributed by atoms with van der Waals surface area (Å²) in [6.07, 6.45) is 3.30. The van der Waals surface area contributed by atoms with Crippen molar-refractivity contribution in [3.63, 3.8) is 0 Å². The van der Waals surface area contributed by atoms with Gasteiger partial charge in [-0.25, -0.2) is 0 Å². The van der Waals surface area contributed by atoms with E-state index < -0.39 is 0 Å². The largest absolute Gasteiger partial charge is 0.384 e. The van der Waals surface area contributed by atoms with E-state index in [1.54, 1.807) is 6.07 Å². The number of hydrogen-bond donors (Lipinski definition) is 2. The highest BCUT2D eigenvalue weighted by molar-refractivity contribution is 5.94. The molecule has 0 fully saturated rings. The molecule has 0 spiro atoms. The topological polar surface area (TPSA) is 49.3 Å². The van der Waals surface area contributed by atoms with Gasteiger partial charge in [-0.2, -0.15) is 0 Å². The molecule has 1 amide bonds. The summed E-state index contributed by atoms with van der Waals surface area (Å²) in [5.41, 5.74) is 2.45. The number of hydrogen-bond acceptors (Lipinski definition) is 2. The number of carbonyl (C=O) groups is 1. The maximum Gasteiger partial charge on any atom is 0.251 e. The van der Waals surface area contributed by atoms with Gasteiger partial charge in [-0.05, 0) is 37.1 Å². The lowest BCUT2D eigenvalue weighted by Crippen LogP contribution is -2.24. The minimum Gasteiger partial charge on any atom is -0.384 e. The van der Waals surface area contributed by atoms with E-state index in [-0.39, 0.29) is 12.5 Å². The zero-order chi connectivity index (χ0) is 14.1. The number of benzene rings is 1. The SMILES string of the molecule is CCCCCNC(=O)c1ccc(C#CCO)c(C)c1. The lowest BCUT2D eigenvalue weighted by atomic mass is 10.0. The molecular formula is C16H21NO2. The standard InChI is InChI=1S/C16H21NO2/c1-3-4-5-10-17-16(19)15-9-8-14(7-6-11-18)13(2)12-15/h8-9,12,18H,3-5,10-11H2,1-2H3,(H,17,19). The van der Waals surface area contributed by atoms with Crippen molar-refractivity contribution in [2.45, 2.75) is 33.1 Å². The van der Waals surface area contributed by atoms with Crippen molar-refractivity contribution in [3.05, 3.63) is 34.9 Å². The summed E-state index contributed by atoms with van der Waals surface area (Å²) < 4.78 is 0. The number of rotatable bonds is 5. The monoisotopic (exact) mass is 259 g/mol. The van der Waals surface area contributed by atoms with Gasteiger partial charge in [0.2, 0.25) is 0 Å². The molecule has 102 valence electrons. The number of aryl methyl sites for hydroxylation is 1. The molecule has 3 nitrogen and oxygen atoms in total. The highest BCUT2D eigenvalue weighted by atomic mass is 16.2. The van der Waals surface area contributed by atoms with E-state index in [2.05, 4.69) is 24.1 Å². The van der Waals surface area contributed by atoms with Crippen LogP contribution in [-0.4, -0.2) is 24.2 Å². The van der Waals surface area contributed by atoms with Crippen LogP contribution in [0, 0.1) is 18.8 Å². The summed E-state index contributed by atoms with van der Waals surface area (Å²) in [5, 5.41) is 11.6. The van der Waals surface area contributed by atoms with E-state index in [1.807, 2.05) is 19.1 Å². The van der Waals surface area contributed by atoms with E-state index in [0.29, 0.717) is 5.56 Å². The fourth-order valence-corrected chi connectivity index (χ4v) is 1.76. The normalized spacial score (nSPS) is 9.63. The molecule has 0 saturated carbocycles. The number of nitrogens with one attached hydrogen (secondary N) is 1. The Labute approximate surface area is 115 Å². The summed E-state index contributed by atoms with van der Waals surface area (Å²) in [5.74, 6) is 5.42. The summed E-state index contributed by atoms with van der Waals surface area (Å²) in [6, 6.07) is 5.42. The first kappa shape index (κ1) is 15.3. The summed E-state index contributed by atoms with van der Waals surface area (Å²) in [4.78, 5) is 11.9. The Morgan fingerprint density at radius 3 is 2.79 bits per heavy atom. The quantitative estimate of drug-likeness (QED) is 0.629. The molecule has 0 aliphatic carbocycles. The van der Waals surface area contributed by atoms with Crippen LogP contribution in [-0.2, 0) is 0 Å². The van der Waals surface area contributed by atoms with Gasteiger partial charge in [-0.3, -0.25) is 4.79 Å². The molecule has 0 aliphatic rings. The Balaban J connectivity index is 2.64. The number of amides is 1. The van der Waals surface area contributed by atoms with E-state index >= 15 is 0 Å². The number of aliphatic hydroxyl groups is 1. The molecule has 19 heavy (non-hydrogen) atoms. The summed E-state index contributed by atoms with van der Waals surface area (Å²) in [6.45, 7) is 4.61. The van der Waals surface area contributed by atoms with Gasteiger partial charge in [-0.1, -0.05) is 31.6 Å². The third kappa shape index (κ3) is 5.15. The molecule has 3 heteroatoms. The molecule has 1 rings (SSSR count). The molecule has 0 bridgehead atoms. The Hall–Kier alpha value is -1.79. The summed E-state index contributed by atoms with van der Waals surface area (Å²) >= 11 is 0. The van der Waals surface area contributed by atoms with Crippen LogP contribution >= 0.6 is 0 Å². The first-order valence-electron chi connectivity index (χ1n) is 6.67. The molecule has 1 aromatic carbocycles. The maximum absolute atomic E-state index is 11.9. The van der Waals surface area contributed by atoms with Gasteiger partial charge in [-0.15, -0.1) is 0 Å². The molecular weight excluding hydrogens is 238 g/mol. The zero-order valence-corrected chi connectivity index (χ0v) is 11.6. The molecule has 0 aliphatic heterocycles. The molecule has 0 heterocycles. The molecule has 0 radical (unpaired) electrons. The van der Waals surface area contributed by atoms with Crippen molar-refractivity contribution in [3.8, 4) is 11.8 Å². The van der Waals surface area contributed by atoms with Crippen LogP contribution < -0.4 is 5.32 Å². The lowest BCUT2D eigenvalue weighted by molar-refractivity contribution is 0.0953. The Morgan fingerprint density at radius 2 is 2.16 bits per heavy atom. The van der Waals surface area contributed by atoms with Crippen LogP contribution in [0.3, 0.4) is 0 Å². The highest BCUT2D eigenvalue weighted by Crippen LogP contribution is 2.10. The second kappa shape index (κ2) is 8.34. The molecule has 0 aromatic heterocycles. The predicted molar refractivity (Wildman–Crippen MR) is 77.0 cm³/mol. The van der Waals surface area contributed by atoms with Gasteiger partial charge in [0.25, 0.3) is 5.91 Å². The van der Waals surface area contributed by atoms with Gasteiger partial charge in [0.05, 0.1) is 0 Å². The molecule has 0 atom stereocenters. The third-order valence-electron chi connectivity index (χ3n) is 2.86. The van der Waals surface area contributed by atoms with Gasteiger partial charge >= 0.3 is 0 Å². The van der Waals surface area contributed by atoms with Crippen molar-refractivity contribution < 1.29 is 9.90 Å². The maximum atomic E-state index is 11.9. The lowest BCUT2D eigenvalue weighted by Gasteiger charge is -2.06. The second-order valence-electron chi connectivity index (χ2n) is 4.45. The Kier molecular flexibility index (Phi) is 6.70. The van der Waals surface area contributed by atoms with Crippen molar-refractivity contribution in [1.82, 2.24) is 5.32 Å². The van der Waals surface area contributed by atoms with Crippen molar-refractivity contribution in [2.24, 2.45) is 0 Å². The van der Waals surface area contributed by atoms with Crippen molar-refractivity contribution in [2.75, 3.05) is 13.2 Å². The van der Waals surface area contributed by atoms with Gasteiger partial charge in [0.15, 0.2) is 0 Å². The summed E-state index contributed by atoms with van der Waals surface area (Å²) in [7, 11) is 0. The third-order valence-corrected chi connectivity index (χ3v) is 2.86. The number of carbonyl (C=O) groups excluding carboxylic acids is 1. The van der Waals surface area contributed by atoms with Crippen LogP contribution in [0.4, 0.5) is 0 Å². The Morgan fingerprint density at radius 1 is 1.37 bits per heavy atom. The molecule has 1 aromatic rings. The van der Waals surface area contributed by atoms with Gasteiger partial charge < -0.3 is 10.4 Å². The highest BCUT2D eigenvalue weighted by Gasteiger charge is 2.06. The number of unbranched alkanes of at least 4 members (excludes halogenated alkanes) is 2. The molecule has 2 N–H and O–H groups in total. The fourth-order valence-electron chi connectivity index (χ4n) is 1.76. The van der Waals surface area contributed by atoms with Crippen molar-refractivity contribution >= 4 is 5.91 Å². The Bertz CT molecular complexity index is 483. The minimum atomic E-state index is -0.154. The van der Waals surface area contributed by atoms with E-state index in [9.17, 15) is 4.79 Å². The number of aliphatic hydroxyl groups excluding tert-OH is 1. The van der Waals surface area contributed by atoms with Crippen LogP contribution in [0.5, 0.6) is 0 Å². The smallest absolute Gasteiger partial charge is 0.251 e. The van der Waals surface area contributed by atoms with Crippen LogP contribution in [0.15, 0.2) is 18.2 Å². The first-order chi connectivity index (χ1) is 9.19. The van der Waals surface area contributed by atoms with E-state index in [4.69, 9.17) is 5.11 Å². The van der Waals surface area contributed by atoms with E-state index in [0.717, 1.165) is 36.9 Å². The van der Waals surface area contributed by atoms with Gasteiger partial charge in [0, 0.05) is 17.7 Å². The van der Waals surface area contributed by atoms with Crippen molar-refractivity contribution in [1.29, 1.82) is 0 Å². The zero-order valence-electron chi connectivity index (χ0n) is 11.6. The average Bonchev–Trinajstić information content (AvgIpc) is 2.42. The molecule has 0 unspecified atom stereocenters. The first-order valence-corrected chi connectivity index (χ1v) is 6.67. The minimum absolute atomic E-state index is 0.0409.